The van der Waals surface area contributed by atoms with Crippen LogP contribution in [0.25, 0.3) is 0 Å². The van der Waals surface area contributed by atoms with Gasteiger partial charge in [0.2, 0.25) is 5.12 Å². The van der Waals surface area contributed by atoms with Crippen LogP contribution in [-0.2, 0) is 9.53 Å². The Morgan fingerprint density at radius 3 is 2.65 bits per heavy atom. The molecule has 0 bridgehead atoms. The molecular formula is C10H12N2O7S. The van der Waals surface area contributed by atoms with Crippen molar-refractivity contribution in [1.82, 2.24) is 9.55 Å². The molecule has 0 spiro atoms. The van der Waals surface area contributed by atoms with Crippen LogP contribution in [0.15, 0.2) is 21.9 Å². The van der Waals surface area contributed by atoms with Crippen LogP contribution in [0.4, 0.5) is 0 Å². The molecule has 0 aromatic carbocycles. The summed E-state index contributed by atoms with van der Waals surface area (Å²) in [5.41, 5.74) is -4.01. The van der Waals surface area contributed by atoms with Gasteiger partial charge in [0.15, 0.2) is 11.8 Å². The quantitative estimate of drug-likeness (QED) is 0.374. The number of nitrogens with one attached hydrogen (secondary N) is 1. The zero-order valence-electron chi connectivity index (χ0n) is 9.96. The molecule has 4 atom stereocenters. The molecular weight excluding hydrogens is 292 g/mol. The monoisotopic (exact) mass is 304 g/mol. The maximum absolute atomic E-state index is 11.6. The third-order valence-corrected chi connectivity index (χ3v) is 3.51. The summed E-state index contributed by atoms with van der Waals surface area (Å²) in [5, 5.41) is 28.2. The molecule has 10 heteroatoms. The van der Waals surface area contributed by atoms with E-state index in [0.717, 1.165) is 16.8 Å². The number of nitrogens with zero attached hydrogens (tertiary/aromatic N) is 1. The molecule has 1 aromatic rings. The van der Waals surface area contributed by atoms with Gasteiger partial charge in [-0.2, -0.15) is 0 Å². The van der Waals surface area contributed by atoms with Crippen LogP contribution in [0.3, 0.4) is 0 Å². The van der Waals surface area contributed by atoms with Crippen molar-refractivity contribution in [2.75, 3.05) is 6.61 Å². The van der Waals surface area contributed by atoms with Crippen molar-refractivity contribution in [3.8, 4) is 0 Å². The van der Waals surface area contributed by atoms with Gasteiger partial charge in [0.1, 0.15) is 12.2 Å². The van der Waals surface area contributed by atoms with Gasteiger partial charge in [-0.25, -0.2) is 4.79 Å². The highest BCUT2D eigenvalue weighted by Crippen LogP contribution is 2.37. The molecule has 0 radical (unpaired) electrons. The second kappa shape index (κ2) is 5.14. The summed E-state index contributed by atoms with van der Waals surface area (Å²) < 4.78 is 5.92. The number of H-pyrrole nitrogens is 1. The lowest BCUT2D eigenvalue weighted by Crippen LogP contribution is -2.54. The fourth-order valence-electron chi connectivity index (χ4n) is 2.05. The molecule has 2 rings (SSSR count). The predicted octanol–water partition coefficient (Wildman–Crippen LogP) is -3.03. The zero-order valence-corrected chi connectivity index (χ0v) is 10.9. The second-order valence-corrected chi connectivity index (χ2v) is 4.70. The van der Waals surface area contributed by atoms with Crippen LogP contribution < -0.4 is 11.2 Å². The fraction of sp³-hybridized carbons (Fsp3) is 0.500. The van der Waals surface area contributed by atoms with Crippen LogP contribution in [-0.4, -0.2) is 54.4 Å². The summed E-state index contributed by atoms with van der Waals surface area (Å²) in [5.74, 6) is 0. The van der Waals surface area contributed by atoms with Gasteiger partial charge in [-0.3, -0.25) is 19.1 Å². The molecule has 0 saturated carbocycles. The fourth-order valence-corrected chi connectivity index (χ4v) is 2.32. The lowest BCUT2D eigenvalue weighted by Gasteiger charge is -2.26. The highest BCUT2D eigenvalue weighted by atomic mass is 32.1. The highest BCUT2D eigenvalue weighted by Gasteiger charge is 2.59. The maximum atomic E-state index is 11.6. The average molecular weight is 304 g/mol. The zero-order chi connectivity index (χ0) is 15.1. The van der Waals surface area contributed by atoms with Crippen LogP contribution in [0, 0.1) is 0 Å². The molecule has 1 aromatic heterocycles. The molecule has 9 nitrogen and oxygen atoms in total. The predicted molar refractivity (Wildman–Crippen MR) is 67.3 cm³/mol. The number of aliphatic hydroxyl groups is 3. The number of rotatable bonds is 3. The van der Waals surface area contributed by atoms with Gasteiger partial charge in [0.05, 0.1) is 6.61 Å². The van der Waals surface area contributed by atoms with Gasteiger partial charge in [-0.15, -0.1) is 12.6 Å². The number of ether oxygens (including phenoxy) is 1. The largest absolute Gasteiger partial charge is 0.394 e. The van der Waals surface area contributed by atoms with E-state index in [2.05, 4.69) is 12.6 Å². The maximum Gasteiger partial charge on any atom is 0.330 e. The number of carbonyl (C=O) groups is 1. The number of hydrogen-bond acceptors (Lipinski definition) is 7. The van der Waals surface area contributed by atoms with Crippen molar-refractivity contribution < 1.29 is 24.9 Å². The first-order chi connectivity index (χ1) is 9.32. The topological polar surface area (TPSA) is 142 Å². The van der Waals surface area contributed by atoms with Crippen molar-refractivity contribution >= 4 is 17.7 Å². The summed E-state index contributed by atoms with van der Waals surface area (Å²) in [6, 6.07) is 1.01. The Bertz CT molecular complexity index is 641. The van der Waals surface area contributed by atoms with E-state index in [1.165, 1.54) is 0 Å². The summed E-state index contributed by atoms with van der Waals surface area (Å²) >= 11 is 3.46. The van der Waals surface area contributed by atoms with Gasteiger partial charge >= 0.3 is 5.69 Å². The van der Waals surface area contributed by atoms with Gasteiger partial charge in [-0.1, -0.05) is 0 Å². The SMILES string of the molecule is O=C(S)[C@@]1(O)[C@@H](CO)O[C@@H](n2ccc(=O)[nH]c2=O)[C@@H]1O. The molecule has 0 aliphatic carbocycles. The molecule has 0 unspecified atom stereocenters. The van der Waals surface area contributed by atoms with E-state index in [4.69, 9.17) is 9.84 Å². The van der Waals surface area contributed by atoms with Gasteiger partial charge in [0, 0.05) is 12.3 Å². The van der Waals surface area contributed by atoms with Crippen molar-refractivity contribution in [2.24, 2.45) is 0 Å². The van der Waals surface area contributed by atoms with Crippen molar-refractivity contribution in [3.05, 3.63) is 33.1 Å². The summed E-state index contributed by atoms with van der Waals surface area (Å²) in [7, 11) is 0. The summed E-state index contributed by atoms with van der Waals surface area (Å²) in [6.45, 7) is -0.769. The van der Waals surface area contributed by atoms with Crippen LogP contribution in [0.1, 0.15) is 6.23 Å². The highest BCUT2D eigenvalue weighted by molar-refractivity contribution is 7.96. The Kier molecular flexibility index (Phi) is 3.84. The first-order valence-electron chi connectivity index (χ1n) is 5.54. The van der Waals surface area contributed by atoms with E-state index in [0.29, 0.717) is 0 Å². The molecule has 0 amide bonds. The van der Waals surface area contributed by atoms with E-state index in [-0.39, 0.29) is 0 Å². The molecule has 2 heterocycles. The van der Waals surface area contributed by atoms with Gasteiger partial charge in [-0.05, 0) is 0 Å². The standard InChI is InChI=1S/C10H12N2O7S/c13-3-4-10(18,8(16)20)6(15)7(19-4)12-2-1-5(14)11-9(12)17/h1-2,4,6-7,13,15,18H,3H2,(H,16,20)(H,11,14,17)/t4-,6+,7-,10-/m1/s1. The van der Waals surface area contributed by atoms with Crippen molar-refractivity contribution in [2.45, 2.75) is 24.0 Å². The Balaban J connectivity index is 2.48. The third kappa shape index (κ3) is 2.11. The first kappa shape index (κ1) is 14.9. The Labute approximate surface area is 116 Å². The number of carbonyl (C=O) groups excluding carboxylic acids is 1. The van der Waals surface area contributed by atoms with Crippen molar-refractivity contribution in [3.63, 3.8) is 0 Å². The Morgan fingerprint density at radius 1 is 1.55 bits per heavy atom. The van der Waals surface area contributed by atoms with Crippen LogP contribution in [0.5, 0.6) is 0 Å². The minimum absolute atomic E-state index is 0.655. The van der Waals surface area contributed by atoms with Crippen molar-refractivity contribution in [1.29, 1.82) is 0 Å². The Hall–Kier alpha value is -1.46. The third-order valence-electron chi connectivity index (χ3n) is 3.15. The minimum atomic E-state index is -2.46. The van der Waals surface area contributed by atoms with E-state index >= 15 is 0 Å². The number of thiol groups is 1. The molecule has 20 heavy (non-hydrogen) atoms. The summed E-state index contributed by atoms with van der Waals surface area (Å²) in [6.07, 6.45) is -3.70. The lowest BCUT2D eigenvalue weighted by atomic mass is 9.94. The Morgan fingerprint density at radius 2 is 2.20 bits per heavy atom. The number of aromatic nitrogens is 2. The lowest BCUT2D eigenvalue weighted by molar-refractivity contribution is -0.144. The van der Waals surface area contributed by atoms with E-state index in [9.17, 15) is 24.6 Å². The second-order valence-electron chi connectivity index (χ2n) is 4.29. The van der Waals surface area contributed by atoms with E-state index in [1.54, 1.807) is 0 Å². The van der Waals surface area contributed by atoms with Crippen LogP contribution in [0.2, 0.25) is 0 Å². The van der Waals surface area contributed by atoms with Crippen LogP contribution >= 0.6 is 12.6 Å². The number of aliphatic hydroxyl groups excluding tert-OH is 2. The first-order valence-corrected chi connectivity index (χ1v) is 5.98. The molecule has 110 valence electrons. The van der Waals surface area contributed by atoms with Gasteiger partial charge < -0.3 is 20.1 Å². The average Bonchev–Trinajstić information content (AvgIpc) is 2.64. The van der Waals surface area contributed by atoms with Gasteiger partial charge in [0.25, 0.3) is 5.56 Å². The minimum Gasteiger partial charge on any atom is -0.394 e. The number of hydrogen-bond donors (Lipinski definition) is 5. The molecule has 1 fully saturated rings. The number of aromatic amines is 1. The molecule has 1 aliphatic heterocycles. The smallest absolute Gasteiger partial charge is 0.330 e. The molecule has 1 aliphatic rings. The normalized spacial score (nSPS) is 33.3. The summed E-state index contributed by atoms with van der Waals surface area (Å²) in [4.78, 5) is 35.9. The van der Waals surface area contributed by atoms with E-state index < -0.39 is 47.0 Å². The molecule has 1 saturated heterocycles. The molecule has 4 N–H and O–H groups in total. The van der Waals surface area contributed by atoms with E-state index in [1.807, 2.05) is 4.98 Å².